The number of hydrogen-bond donors (Lipinski definition) is 2. The zero-order chi connectivity index (χ0) is 15.6. The molecule has 0 aliphatic carbocycles. The van der Waals surface area contributed by atoms with Crippen LogP contribution in [0.15, 0.2) is 17.3 Å². The minimum atomic E-state index is -0.588. The molecule has 8 nitrogen and oxygen atoms in total. The van der Waals surface area contributed by atoms with Crippen molar-refractivity contribution in [3.05, 3.63) is 27.9 Å². The molecule has 8 heteroatoms. The summed E-state index contributed by atoms with van der Waals surface area (Å²) in [6.07, 6.45) is 3.09. The first-order valence-electron chi connectivity index (χ1n) is 6.91. The fraction of sp³-hybridized carbons (Fsp3) is 0.538. The van der Waals surface area contributed by atoms with E-state index in [1.807, 2.05) is 0 Å². The molecule has 2 unspecified atom stereocenters. The van der Waals surface area contributed by atoms with Crippen molar-refractivity contribution in [2.24, 2.45) is 10.9 Å². The molecule has 1 fully saturated rings. The van der Waals surface area contributed by atoms with E-state index in [1.165, 1.54) is 6.07 Å². The summed E-state index contributed by atoms with van der Waals surface area (Å²) >= 11 is 0. The molecule has 0 amide bonds. The van der Waals surface area contributed by atoms with Crippen LogP contribution in [0.2, 0.25) is 0 Å². The number of aromatic nitrogens is 1. The third-order valence-corrected chi connectivity index (χ3v) is 3.93. The quantitative estimate of drug-likeness (QED) is 0.287. The van der Waals surface area contributed by atoms with Gasteiger partial charge in [-0.25, -0.2) is 4.98 Å². The van der Waals surface area contributed by atoms with Crippen molar-refractivity contribution in [1.29, 1.82) is 0 Å². The molecule has 3 N–H and O–H groups in total. The second kappa shape index (κ2) is 5.94. The van der Waals surface area contributed by atoms with E-state index in [0.717, 1.165) is 19.3 Å². The molecule has 1 aromatic rings. The van der Waals surface area contributed by atoms with Crippen LogP contribution in [0.1, 0.15) is 38.8 Å². The van der Waals surface area contributed by atoms with Gasteiger partial charge >= 0.3 is 0 Å². The normalized spacial score (nSPS) is 22.6. The highest BCUT2D eigenvalue weighted by atomic mass is 16.6. The minimum absolute atomic E-state index is 0.103. The van der Waals surface area contributed by atoms with Gasteiger partial charge in [-0.05, 0) is 32.3 Å². The predicted octanol–water partition coefficient (Wildman–Crippen LogP) is 1.85. The average Bonchev–Trinajstić information content (AvgIpc) is 2.86. The Morgan fingerprint density at radius 2 is 2.33 bits per heavy atom. The maximum absolute atomic E-state index is 11.0. The highest BCUT2D eigenvalue weighted by Crippen LogP contribution is 2.32. The van der Waals surface area contributed by atoms with E-state index in [9.17, 15) is 10.1 Å². The maximum Gasteiger partial charge on any atom is 0.298 e. The predicted molar refractivity (Wildman–Crippen MR) is 78.7 cm³/mol. The molecule has 0 bridgehead atoms. The number of oxime groups is 1. The van der Waals surface area contributed by atoms with Crippen molar-refractivity contribution in [2.75, 3.05) is 4.90 Å². The fourth-order valence-corrected chi connectivity index (χ4v) is 2.85. The van der Waals surface area contributed by atoms with Crippen LogP contribution in [0.4, 0.5) is 11.5 Å². The third-order valence-electron chi connectivity index (χ3n) is 3.93. The molecule has 0 radical (unpaired) electrons. The topological polar surface area (TPSA) is 118 Å². The second-order valence-electron chi connectivity index (χ2n) is 5.18. The zero-order valence-electron chi connectivity index (χ0n) is 12.1. The van der Waals surface area contributed by atoms with Crippen LogP contribution in [0.25, 0.3) is 0 Å². The average molecular weight is 293 g/mol. The highest BCUT2D eigenvalue weighted by molar-refractivity contribution is 5.99. The Morgan fingerprint density at radius 3 is 2.90 bits per heavy atom. The van der Waals surface area contributed by atoms with Crippen LogP contribution < -0.4 is 10.6 Å². The molecular formula is C13H19N5O3. The first-order chi connectivity index (χ1) is 9.99. The molecule has 114 valence electrons. The van der Waals surface area contributed by atoms with Crippen LogP contribution in [0.3, 0.4) is 0 Å². The van der Waals surface area contributed by atoms with E-state index < -0.39 is 4.92 Å². The van der Waals surface area contributed by atoms with E-state index in [-0.39, 0.29) is 17.2 Å². The largest absolute Gasteiger partial charge is 0.409 e. The molecule has 0 spiro atoms. The number of pyridine rings is 1. The lowest BCUT2D eigenvalue weighted by molar-refractivity contribution is -0.385. The third kappa shape index (κ3) is 2.74. The monoisotopic (exact) mass is 293 g/mol. The van der Waals surface area contributed by atoms with E-state index in [4.69, 9.17) is 10.9 Å². The molecule has 1 aromatic heterocycles. The Morgan fingerprint density at radius 1 is 1.62 bits per heavy atom. The van der Waals surface area contributed by atoms with Gasteiger partial charge in [0.05, 0.1) is 4.92 Å². The molecule has 0 aromatic carbocycles. The molecule has 21 heavy (non-hydrogen) atoms. The van der Waals surface area contributed by atoms with Crippen molar-refractivity contribution in [3.63, 3.8) is 0 Å². The van der Waals surface area contributed by atoms with Gasteiger partial charge in [0.15, 0.2) is 11.5 Å². The smallest absolute Gasteiger partial charge is 0.298 e. The van der Waals surface area contributed by atoms with Crippen molar-refractivity contribution >= 4 is 17.3 Å². The fourth-order valence-electron chi connectivity index (χ4n) is 2.85. The Labute approximate surface area is 122 Å². The molecule has 0 saturated carbocycles. The van der Waals surface area contributed by atoms with Crippen molar-refractivity contribution in [3.8, 4) is 0 Å². The van der Waals surface area contributed by atoms with E-state index in [1.54, 1.807) is 6.07 Å². The standard InChI is InChI=1S/C13H19N5O3/c1-3-9-5-4-8(2)17(9)11-7-6-10(18(20)21)12(15-11)13(14)16-19/h6-9,19H,3-5H2,1-2H3,(H2,14,16). The number of nitro groups is 1. The number of hydrogen-bond acceptors (Lipinski definition) is 6. The summed E-state index contributed by atoms with van der Waals surface area (Å²) in [6, 6.07) is 3.64. The summed E-state index contributed by atoms with van der Waals surface area (Å²) in [6.45, 7) is 4.20. The SMILES string of the molecule is CCC1CCC(C)N1c1ccc([N+](=O)[O-])c(/C(N)=N/O)n1. The first kappa shape index (κ1) is 15.0. The number of rotatable bonds is 4. The summed E-state index contributed by atoms with van der Waals surface area (Å²) in [5, 5.41) is 22.6. The van der Waals surface area contributed by atoms with E-state index >= 15 is 0 Å². The molecule has 1 aliphatic heterocycles. The molecule has 1 saturated heterocycles. The number of anilines is 1. The van der Waals surface area contributed by atoms with Gasteiger partial charge in [-0.2, -0.15) is 0 Å². The number of amidine groups is 1. The van der Waals surface area contributed by atoms with Gasteiger partial charge in [0, 0.05) is 18.2 Å². The Kier molecular flexibility index (Phi) is 4.25. The van der Waals surface area contributed by atoms with Crippen LogP contribution >= 0.6 is 0 Å². The minimum Gasteiger partial charge on any atom is -0.409 e. The summed E-state index contributed by atoms with van der Waals surface area (Å²) in [5.41, 5.74) is 5.14. The van der Waals surface area contributed by atoms with Gasteiger partial charge in [-0.15, -0.1) is 0 Å². The van der Waals surface area contributed by atoms with Gasteiger partial charge in [0.1, 0.15) is 5.82 Å². The Bertz CT molecular complexity index is 575. The van der Waals surface area contributed by atoms with E-state index in [2.05, 4.69) is 28.9 Å². The van der Waals surface area contributed by atoms with Crippen LogP contribution in [-0.4, -0.2) is 33.0 Å². The molecule has 1 aliphatic rings. The summed E-state index contributed by atoms with van der Waals surface area (Å²) in [4.78, 5) is 16.8. The number of nitrogens with two attached hydrogens (primary N) is 1. The molecule has 2 rings (SSSR count). The van der Waals surface area contributed by atoms with Gasteiger partial charge in [-0.1, -0.05) is 12.1 Å². The molecular weight excluding hydrogens is 274 g/mol. The van der Waals surface area contributed by atoms with Gasteiger partial charge in [-0.3, -0.25) is 10.1 Å². The number of nitrogens with zero attached hydrogens (tertiary/aromatic N) is 4. The van der Waals surface area contributed by atoms with Crippen molar-refractivity contribution < 1.29 is 10.1 Å². The Balaban J connectivity index is 2.49. The van der Waals surface area contributed by atoms with Crippen molar-refractivity contribution in [1.82, 2.24) is 4.98 Å². The van der Waals surface area contributed by atoms with Crippen molar-refractivity contribution in [2.45, 2.75) is 45.2 Å². The lowest BCUT2D eigenvalue weighted by atomic mass is 10.1. The Hall–Kier alpha value is -2.38. The van der Waals surface area contributed by atoms with Gasteiger partial charge in [0.25, 0.3) is 5.69 Å². The zero-order valence-corrected chi connectivity index (χ0v) is 12.1. The summed E-state index contributed by atoms with van der Waals surface area (Å²) < 4.78 is 0. The molecule has 2 heterocycles. The molecule has 2 atom stereocenters. The lowest BCUT2D eigenvalue weighted by Gasteiger charge is -2.29. The van der Waals surface area contributed by atoms with Gasteiger partial charge in [0.2, 0.25) is 0 Å². The van der Waals surface area contributed by atoms with E-state index in [0.29, 0.717) is 17.9 Å². The first-order valence-corrected chi connectivity index (χ1v) is 6.91. The second-order valence-corrected chi connectivity index (χ2v) is 5.18. The maximum atomic E-state index is 11.0. The lowest BCUT2D eigenvalue weighted by Crippen LogP contribution is -2.35. The van der Waals surface area contributed by atoms with Gasteiger partial charge < -0.3 is 15.8 Å². The van der Waals surface area contributed by atoms with Crippen LogP contribution in [-0.2, 0) is 0 Å². The summed E-state index contributed by atoms with van der Waals surface area (Å²) in [5.74, 6) is 0.266. The van der Waals surface area contributed by atoms with Crippen LogP contribution in [0, 0.1) is 10.1 Å². The highest BCUT2D eigenvalue weighted by Gasteiger charge is 2.31. The summed E-state index contributed by atoms with van der Waals surface area (Å²) in [7, 11) is 0. The van der Waals surface area contributed by atoms with Crippen LogP contribution in [0.5, 0.6) is 0 Å².